The summed E-state index contributed by atoms with van der Waals surface area (Å²) >= 11 is 0. The number of nitrogens with one attached hydrogen (secondary N) is 1. The Morgan fingerprint density at radius 1 is 1.21 bits per heavy atom. The molecule has 5 nitrogen and oxygen atoms in total. The number of anilines is 2. The van der Waals surface area contributed by atoms with Crippen LogP contribution in [0.2, 0.25) is 0 Å². The molecular weight excluding hydrogens is 324 g/mol. The van der Waals surface area contributed by atoms with Crippen LogP contribution in [0.15, 0.2) is 42.5 Å². The van der Waals surface area contributed by atoms with Crippen molar-refractivity contribution in [3.63, 3.8) is 0 Å². The lowest BCUT2D eigenvalue weighted by atomic mass is 10.1. The van der Waals surface area contributed by atoms with Gasteiger partial charge in [-0.3, -0.25) is 9.10 Å². The van der Waals surface area contributed by atoms with Crippen LogP contribution in [-0.4, -0.2) is 26.6 Å². The van der Waals surface area contributed by atoms with E-state index in [0.29, 0.717) is 24.2 Å². The molecule has 1 aliphatic heterocycles. The number of aryl methyl sites for hydroxylation is 1. The van der Waals surface area contributed by atoms with E-state index in [4.69, 9.17) is 0 Å². The molecule has 0 radical (unpaired) electrons. The first kappa shape index (κ1) is 16.5. The van der Waals surface area contributed by atoms with Crippen LogP contribution in [0, 0.1) is 6.92 Å². The molecular formula is C18H20N2O3S. The third kappa shape index (κ3) is 3.14. The lowest BCUT2D eigenvalue weighted by Gasteiger charge is -2.18. The van der Waals surface area contributed by atoms with Gasteiger partial charge in [-0.05, 0) is 61.7 Å². The summed E-state index contributed by atoms with van der Waals surface area (Å²) in [5, 5.41) is 2.87. The maximum atomic E-state index is 12.4. The van der Waals surface area contributed by atoms with E-state index in [2.05, 4.69) is 5.32 Å². The fourth-order valence-corrected chi connectivity index (χ4v) is 4.04. The number of carbonyl (C=O) groups is 1. The van der Waals surface area contributed by atoms with Crippen LogP contribution in [0.3, 0.4) is 0 Å². The topological polar surface area (TPSA) is 66.5 Å². The van der Waals surface area contributed by atoms with Crippen molar-refractivity contribution in [2.45, 2.75) is 20.3 Å². The van der Waals surface area contributed by atoms with Crippen LogP contribution < -0.4 is 9.62 Å². The fourth-order valence-electron chi connectivity index (χ4n) is 2.88. The van der Waals surface area contributed by atoms with Gasteiger partial charge < -0.3 is 5.32 Å². The number of nitrogens with zero attached hydrogens (tertiary/aromatic N) is 1. The first-order valence-corrected chi connectivity index (χ1v) is 9.53. The predicted octanol–water partition coefficient (Wildman–Crippen LogP) is 2.96. The number of amides is 1. The molecule has 2 aromatic carbocycles. The summed E-state index contributed by atoms with van der Waals surface area (Å²) in [4.78, 5) is 12.4. The number of fused-ring (bicyclic) bond motifs is 1. The van der Waals surface area contributed by atoms with Gasteiger partial charge in [0, 0.05) is 17.8 Å². The fraction of sp³-hybridized carbons (Fsp3) is 0.278. The van der Waals surface area contributed by atoms with E-state index >= 15 is 0 Å². The number of benzene rings is 2. The molecule has 1 amide bonds. The Morgan fingerprint density at radius 3 is 2.71 bits per heavy atom. The van der Waals surface area contributed by atoms with Gasteiger partial charge in [0.25, 0.3) is 5.91 Å². The van der Waals surface area contributed by atoms with Gasteiger partial charge in [-0.2, -0.15) is 0 Å². The van der Waals surface area contributed by atoms with E-state index in [1.165, 1.54) is 4.31 Å². The van der Waals surface area contributed by atoms with Gasteiger partial charge in [0.2, 0.25) is 10.0 Å². The van der Waals surface area contributed by atoms with Crippen molar-refractivity contribution >= 4 is 27.3 Å². The Bertz CT molecular complexity index is 891. The molecule has 0 saturated carbocycles. The Kier molecular flexibility index (Phi) is 4.32. The van der Waals surface area contributed by atoms with Gasteiger partial charge in [0.05, 0.1) is 11.4 Å². The van der Waals surface area contributed by atoms with E-state index < -0.39 is 10.0 Å². The molecule has 2 aromatic rings. The first-order valence-electron chi connectivity index (χ1n) is 7.92. The lowest BCUT2D eigenvalue weighted by molar-refractivity contribution is 0.102. The summed E-state index contributed by atoms with van der Waals surface area (Å²) in [6.45, 7) is 4.04. The van der Waals surface area contributed by atoms with Crippen molar-refractivity contribution in [3.8, 4) is 0 Å². The van der Waals surface area contributed by atoms with Crippen molar-refractivity contribution in [2.75, 3.05) is 21.9 Å². The molecule has 0 bridgehead atoms. The number of sulfonamides is 1. The molecule has 0 unspecified atom stereocenters. The smallest absolute Gasteiger partial charge is 0.255 e. The van der Waals surface area contributed by atoms with Crippen molar-refractivity contribution in [1.29, 1.82) is 0 Å². The zero-order chi connectivity index (χ0) is 17.3. The zero-order valence-electron chi connectivity index (χ0n) is 13.7. The third-order valence-corrected chi connectivity index (χ3v) is 5.95. The Morgan fingerprint density at radius 2 is 2.00 bits per heavy atom. The minimum atomic E-state index is -3.26. The molecule has 1 heterocycles. The number of hydrogen-bond donors (Lipinski definition) is 1. The van der Waals surface area contributed by atoms with E-state index in [1.54, 1.807) is 25.1 Å². The van der Waals surface area contributed by atoms with Crippen molar-refractivity contribution in [2.24, 2.45) is 0 Å². The average molecular weight is 344 g/mol. The second kappa shape index (κ2) is 6.28. The summed E-state index contributed by atoms with van der Waals surface area (Å²) in [7, 11) is -3.26. The average Bonchev–Trinajstić information content (AvgIpc) is 2.98. The molecule has 6 heteroatoms. The van der Waals surface area contributed by atoms with Crippen LogP contribution in [-0.2, 0) is 16.4 Å². The zero-order valence-corrected chi connectivity index (χ0v) is 14.6. The molecule has 0 aromatic heterocycles. The summed E-state index contributed by atoms with van der Waals surface area (Å²) < 4.78 is 25.6. The highest BCUT2D eigenvalue weighted by Crippen LogP contribution is 2.31. The van der Waals surface area contributed by atoms with E-state index in [9.17, 15) is 13.2 Å². The Labute approximate surface area is 142 Å². The molecule has 1 N–H and O–H groups in total. The Hall–Kier alpha value is -2.34. The molecule has 0 fully saturated rings. The summed E-state index contributed by atoms with van der Waals surface area (Å²) in [6, 6.07) is 12.8. The second-order valence-electron chi connectivity index (χ2n) is 5.89. The van der Waals surface area contributed by atoms with Crippen LogP contribution in [0.25, 0.3) is 0 Å². The maximum absolute atomic E-state index is 12.4. The number of hydrogen-bond acceptors (Lipinski definition) is 3. The highest BCUT2D eigenvalue weighted by Gasteiger charge is 2.28. The largest absolute Gasteiger partial charge is 0.322 e. The standard InChI is InChI=1S/C18H20N2O3S/c1-3-24(22,23)20-10-9-14-12-15(7-8-17(14)20)18(21)19-16-6-4-5-13(2)11-16/h4-8,11-12H,3,9-10H2,1-2H3,(H,19,21). The van der Waals surface area contributed by atoms with Gasteiger partial charge in [-0.15, -0.1) is 0 Å². The molecule has 126 valence electrons. The SMILES string of the molecule is CCS(=O)(=O)N1CCc2cc(C(=O)Nc3cccc(C)c3)ccc21. The molecule has 0 spiro atoms. The highest BCUT2D eigenvalue weighted by atomic mass is 32.2. The van der Waals surface area contributed by atoms with Gasteiger partial charge in [-0.25, -0.2) is 8.42 Å². The van der Waals surface area contributed by atoms with E-state index in [0.717, 1.165) is 16.8 Å². The van der Waals surface area contributed by atoms with Gasteiger partial charge in [-0.1, -0.05) is 12.1 Å². The molecule has 0 atom stereocenters. The highest BCUT2D eigenvalue weighted by molar-refractivity contribution is 7.92. The van der Waals surface area contributed by atoms with Gasteiger partial charge >= 0.3 is 0 Å². The normalized spacial score (nSPS) is 13.7. The van der Waals surface area contributed by atoms with E-state index in [-0.39, 0.29) is 11.7 Å². The van der Waals surface area contributed by atoms with Crippen LogP contribution in [0.5, 0.6) is 0 Å². The minimum absolute atomic E-state index is 0.0715. The quantitative estimate of drug-likeness (QED) is 0.927. The molecule has 1 aliphatic rings. The summed E-state index contributed by atoms with van der Waals surface area (Å²) in [5.74, 6) is -0.123. The number of carbonyl (C=O) groups excluding carboxylic acids is 1. The summed E-state index contributed by atoms with van der Waals surface area (Å²) in [6.07, 6.45) is 0.625. The van der Waals surface area contributed by atoms with Crippen LogP contribution >= 0.6 is 0 Å². The van der Waals surface area contributed by atoms with Crippen LogP contribution in [0.4, 0.5) is 11.4 Å². The third-order valence-electron chi connectivity index (χ3n) is 4.17. The van der Waals surface area contributed by atoms with Gasteiger partial charge in [0.1, 0.15) is 0 Å². The van der Waals surface area contributed by atoms with Gasteiger partial charge in [0.15, 0.2) is 0 Å². The Balaban J connectivity index is 1.83. The monoisotopic (exact) mass is 344 g/mol. The van der Waals surface area contributed by atoms with Crippen molar-refractivity contribution < 1.29 is 13.2 Å². The van der Waals surface area contributed by atoms with Crippen molar-refractivity contribution in [1.82, 2.24) is 0 Å². The molecule has 3 rings (SSSR count). The predicted molar refractivity (Wildman–Crippen MR) is 96.1 cm³/mol. The molecule has 0 aliphatic carbocycles. The number of rotatable bonds is 4. The minimum Gasteiger partial charge on any atom is -0.322 e. The molecule has 0 saturated heterocycles. The van der Waals surface area contributed by atoms with E-state index in [1.807, 2.05) is 31.2 Å². The second-order valence-corrected chi connectivity index (χ2v) is 8.07. The maximum Gasteiger partial charge on any atom is 0.255 e. The first-order chi connectivity index (χ1) is 11.4. The lowest BCUT2D eigenvalue weighted by Crippen LogP contribution is -2.30. The molecule has 24 heavy (non-hydrogen) atoms. The van der Waals surface area contributed by atoms with Crippen molar-refractivity contribution in [3.05, 3.63) is 59.2 Å². The van der Waals surface area contributed by atoms with Crippen LogP contribution in [0.1, 0.15) is 28.4 Å². The summed E-state index contributed by atoms with van der Waals surface area (Å²) in [5.41, 5.74) is 3.93.